The molecule has 5 unspecified atom stereocenters. The molecule has 3 aliphatic carbocycles. The average molecular weight is 405 g/mol. The highest BCUT2D eigenvalue weighted by Gasteiger charge is 2.68. The highest BCUT2D eigenvalue weighted by Crippen LogP contribution is 2.66. The fourth-order valence-corrected chi connectivity index (χ4v) is 5.69. The van der Waals surface area contributed by atoms with E-state index < -0.39 is 0 Å². The summed E-state index contributed by atoms with van der Waals surface area (Å²) in [6, 6.07) is 6.75. The van der Waals surface area contributed by atoms with Crippen molar-refractivity contribution in [2.75, 3.05) is 14.2 Å². The molecule has 5 atom stereocenters. The Kier molecular flexibility index (Phi) is 9.03. The number of aryl methyl sites for hydroxylation is 1. The van der Waals surface area contributed by atoms with E-state index in [1.807, 2.05) is 41.5 Å². The van der Waals surface area contributed by atoms with Gasteiger partial charge in [-0.1, -0.05) is 33.8 Å². The molecule has 3 fully saturated rings. The monoisotopic (exact) mass is 404 g/mol. The molecule has 166 valence electrons. The number of hydrogen-bond donors (Lipinski definition) is 0. The molecule has 0 aromatic heterocycles. The topological polar surface area (TPSA) is 31.0 Å². The van der Waals surface area contributed by atoms with E-state index in [2.05, 4.69) is 18.2 Å². The van der Waals surface area contributed by atoms with Gasteiger partial charge in [0.05, 0.1) is 24.9 Å². The summed E-state index contributed by atoms with van der Waals surface area (Å²) in [6.45, 7) is 12.0. The molecule has 0 amide bonds. The smallest absolute Gasteiger partial charge is 0.119 e. The van der Waals surface area contributed by atoms with E-state index >= 15 is 0 Å². The van der Waals surface area contributed by atoms with E-state index in [0.29, 0.717) is 17.8 Å². The normalized spacial score (nSPS) is 32.4. The van der Waals surface area contributed by atoms with Crippen LogP contribution in [0.1, 0.15) is 90.7 Å². The van der Waals surface area contributed by atoms with E-state index in [4.69, 9.17) is 14.2 Å². The fraction of sp³-hybridized carbons (Fsp3) is 0.769. The summed E-state index contributed by atoms with van der Waals surface area (Å²) in [5.41, 5.74) is 3.49. The second-order valence-corrected chi connectivity index (χ2v) is 8.44. The van der Waals surface area contributed by atoms with E-state index in [1.165, 1.54) is 44.1 Å². The first-order chi connectivity index (χ1) is 14.1. The van der Waals surface area contributed by atoms with Crippen LogP contribution in [0.5, 0.6) is 5.75 Å². The van der Waals surface area contributed by atoms with Crippen molar-refractivity contribution in [1.82, 2.24) is 0 Å². The molecule has 0 radical (unpaired) electrons. The Bertz CT molecular complexity index is 626. The minimum absolute atomic E-state index is 0.338. The van der Waals surface area contributed by atoms with Gasteiger partial charge in [-0.3, -0.25) is 0 Å². The van der Waals surface area contributed by atoms with Crippen molar-refractivity contribution in [2.45, 2.75) is 104 Å². The number of hydrogen-bond acceptors (Lipinski definition) is 3. The first kappa shape index (κ1) is 24.2. The van der Waals surface area contributed by atoms with E-state index in [1.54, 1.807) is 19.8 Å². The van der Waals surface area contributed by atoms with E-state index in [9.17, 15) is 0 Å². The molecular weight excluding hydrogens is 360 g/mol. The zero-order valence-electron chi connectivity index (χ0n) is 20.1. The summed E-state index contributed by atoms with van der Waals surface area (Å²) in [6.07, 6.45) is 8.96. The summed E-state index contributed by atoms with van der Waals surface area (Å²) >= 11 is 0. The van der Waals surface area contributed by atoms with Gasteiger partial charge in [0, 0.05) is 7.11 Å². The maximum Gasteiger partial charge on any atom is 0.119 e. The highest BCUT2D eigenvalue weighted by atomic mass is 16.6. The van der Waals surface area contributed by atoms with Gasteiger partial charge in [0.1, 0.15) is 5.75 Å². The largest absolute Gasteiger partial charge is 0.497 e. The average Bonchev–Trinajstić information content (AvgIpc) is 3.36. The lowest BCUT2D eigenvalue weighted by Gasteiger charge is -2.44. The van der Waals surface area contributed by atoms with Crippen molar-refractivity contribution < 1.29 is 14.2 Å². The van der Waals surface area contributed by atoms with Gasteiger partial charge in [-0.15, -0.1) is 0 Å². The van der Waals surface area contributed by atoms with Gasteiger partial charge in [-0.05, 0) is 93.4 Å². The lowest BCUT2D eigenvalue weighted by atomic mass is 9.60. The molecule has 5 rings (SSSR count). The van der Waals surface area contributed by atoms with Gasteiger partial charge >= 0.3 is 0 Å². The Morgan fingerprint density at radius 1 is 1.00 bits per heavy atom. The Morgan fingerprint density at radius 3 is 2.28 bits per heavy atom. The maximum absolute atomic E-state index is 6.10. The quantitative estimate of drug-likeness (QED) is 0.509. The molecule has 1 saturated heterocycles. The Morgan fingerprint density at radius 2 is 1.69 bits per heavy atom. The van der Waals surface area contributed by atoms with Crippen LogP contribution < -0.4 is 4.74 Å². The third kappa shape index (κ3) is 4.82. The van der Waals surface area contributed by atoms with Crippen molar-refractivity contribution >= 4 is 0 Å². The number of fused-ring (bicyclic) bond motifs is 4. The lowest BCUT2D eigenvalue weighted by Crippen LogP contribution is -2.40. The van der Waals surface area contributed by atoms with Crippen LogP contribution in [0.25, 0.3) is 0 Å². The van der Waals surface area contributed by atoms with Crippen LogP contribution in [-0.4, -0.2) is 32.0 Å². The first-order valence-corrected chi connectivity index (χ1v) is 12.0. The van der Waals surface area contributed by atoms with Crippen LogP contribution in [0, 0.1) is 11.8 Å². The Labute approximate surface area is 179 Å². The van der Waals surface area contributed by atoms with Crippen LogP contribution >= 0.6 is 0 Å². The van der Waals surface area contributed by atoms with Crippen LogP contribution in [0.2, 0.25) is 0 Å². The molecular formula is C26H44O3. The third-order valence-corrected chi connectivity index (χ3v) is 7.06. The zero-order valence-corrected chi connectivity index (χ0v) is 20.1. The molecule has 1 aliphatic heterocycles. The summed E-state index contributed by atoms with van der Waals surface area (Å²) in [7, 11) is 3.46. The van der Waals surface area contributed by atoms with Crippen molar-refractivity contribution in [3.8, 4) is 5.75 Å². The van der Waals surface area contributed by atoms with Gasteiger partial charge in [-0.2, -0.15) is 0 Å². The van der Waals surface area contributed by atoms with Gasteiger partial charge in [0.25, 0.3) is 0 Å². The fourth-order valence-electron chi connectivity index (χ4n) is 5.69. The van der Waals surface area contributed by atoms with Gasteiger partial charge in [0.15, 0.2) is 0 Å². The summed E-state index contributed by atoms with van der Waals surface area (Å²) < 4.78 is 16.2. The van der Waals surface area contributed by atoms with Crippen LogP contribution in [0.4, 0.5) is 0 Å². The molecule has 1 aromatic rings. The maximum atomic E-state index is 6.10. The highest BCUT2D eigenvalue weighted by molar-refractivity contribution is 5.41. The SMILES string of the molecule is CC.CC.COC(C)C.COc1ccc2c(c1)CCC1C2CCC23OC2CCC13. The minimum atomic E-state index is 0.338. The molecule has 1 aromatic carbocycles. The minimum Gasteiger partial charge on any atom is -0.497 e. The molecule has 1 spiro atoms. The molecule has 1 heterocycles. The predicted octanol–water partition coefficient (Wildman–Crippen LogP) is 6.78. The molecule has 29 heavy (non-hydrogen) atoms. The van der Waals surface area contributed by atoms with Gasteiger partial charge < -0.3 is 14.2 Å². The van der Waals surface area contributed by atoms with Crippen molar-refractivity contribution in [1.29, 1.82) is 0 Å². The zero-order chi connectivity index (χ0) is 21.6. The van der Waals surface area contributed by atoms with Crippen molar-refractivity contribution in [3.05, 3.63) is 29.3 Å². The van der Waals surface area contributed by atoms with Crippen LogP contribution in [0.15, 0.2) is 18.2 Å². The van der Waals surface area contributed by atoms with Crippen molar-refractivity contribution in [2.24, 2.45) is 11.8 Å². The first-order valence-electron chi connectivity index (χ1n) is 12.0. The van der Waals surface area contributed by atoms with E-state index in [0.717, 1.165) is 23.5 Å². The number of rotatable bonds is 2. The van der Waals surface area contributed by atoms with Crippen LogP contribution in [0.3, 0.4) is 0 Å². The molecule has 4 aliphatic rings. The predicted molar refractivity (Wildman–Crippen MR) is 122 cm³/mol. The van der Waals surface area contributed by atoms with E-state index in [-0.39, 0.29) is 0 Å². The Hall–Kier alpha value is -1.06. The Balaban J connectivity index is 0.000000291. The summed E-state index contributed by atoms with van der Waals surface area (Å²) in [4.78, 5) is 0. The van der Waals surface area contributed by atoms with Crippen molar-refractivity contribution in [3.63, 3.8) is 0 Å². The molecule has 3 heteroatoms. The second kappa shape index (κ2) is 10.8. The van der Waals surface area contributed by atoms with Gasteiger partial charge in [0.2, 0.25) is 0 Å². The number of benzene rings is 1. The number of methoxy groups -OCH3 is 2. The molecule has 0 N–H and O–H groups in total. The molecule has 0 bridgehead atoms. The van der Waals surface area contributed by atoms with Crippen LogP contribution in [-0.2, 0) is 15.9 Å². The summed E-state index contributed by atoms with van der Waals surface area (Å²) in [5, 5.41) is 0. The summed E-state index contributed by atoms with van der Waals surface area (Å²) in [5.74, 6) is 3.52. The molecule has 3 nitrogen and oxygen atoms in total. The lowest BCUT2D eigenvalue weighted by molar-refractivity contribution is 0.0657. The number of epoxide rings is 1. The second-order valence-electron chi connectivity index (χ2n) is 8.44. The van der Waals surface area contributed by atoms with Gasteiger partial charge in [-0.25, -0.2) is 0 Å². The standard InChI is InChI=1S/C18H22O2.C4H10O.2C2H6/c1-19-12-3-5-13-11(10-12)2-4-15-14(13)8-9-18-16(15)6-7-17(18)20-18;1-4(2)5-3;2*1-2/h3,5,10,14-17H,2,4,6-9H2,1H3;4H,1-3H3;2*1-2H3. The number of ether oxygens (including phenoxy) is 3. The molecule has 2 saturated carbocycles. The third-order valence-electron chi connectivity index (χ3n) is 7.06.